The number of carbonyl (C=O) groups is 1. The van der Waals surface area contributed by atoms with Crippen molar-refractivity contribution in [3.8, 4) is 17.2 Å². The summed E-state index contributed by atoms with van der Waals surface area (Å²) in [4.78, 5) is 11.7. The van der Waals surface area contributed by atoms with Gasteiger partial charge in [0, 0.05) is 15.1 Å². The van der Waals surface area contributed by atoms with Crippen LogP contribution in [-0.2, 0) is 4.79 Å². The molecule has 24 heavy (non-hydrogen) atoms. The lowest BCUT2D eigenvalue weighted by Crippen LogP contribution is -2.24. The van der Waals surface area contributed by atoms with Gasteiger partial charge in [0.15, 0.2) is 18.1 Å². The number of rotatable bonds is 5. The Morgan fingerprint density at radius 3 is 2.75 bits per heavy atom. The van der Waals surface area contributed by atoms with Crippen LogP contribution >= 0.6 is 27.5 Å². The molecule has 0 saturated heterocycles. The highest BCUT2D eigenvalue weighted by Crippen LogP contribution is 2.36. The van der Waals surface area contributed by atoms with Gasteiger partial charge >= 0.3 is 0 Å². The quantitative estimate of drug-likeness (QED) is 0.605. The van der Waals surface area contributed by atoms with E-state index in [4.69, 9.17) is 25.8 Å². The van der Waals surface area contributed by atoms with Crippen molar-refractivity contribution in [2.24, 2.45) is 5.10 Å². The van der Waals surface area contributed by atoms with Crippen LogP contribution in [0.25, 0.3) is 0 Å². The van der Waals surface area contributed by atoms with Gasteiger partial charge in [-0.25, -0.2) is 5.43 Å². The molecule has 2 aromatic rings. The minimum Gasteiger partial charge on any atom is -0.484 e. The van der Waals surface area contributed by atoms with Crippen molar-refractivity contribution in [3.05, 3.63) is 51.5 Å². The largest absolute Gasteiger partial charge is 0.484 e. The second kappa shape index (κ2) is 7.55. The minimum absolute atomic E-state index is 0.152. The summed E-state index contributed by atoms with van der Waals surface area (Å²) in [5, 5.41) is 4.50. The number of hydrogen-bond acceptors (Lipinski definition) is 5. The molecule has 124 valence electrons. The van der Waals surface area contributed by atoms with Gasteiger partial charge in [0.05, 0.1) is 6.21 Å². The molecule has 0 atom stereocenters. The molecule has 0 bridgehead atoms. The molecule has 1 N–H and O–H groups in total. The third kappa shape index (κ3) is 4.18. The average Bonchev–Trinajstić information content (AvgIpc) is 3.01. The van der Waals surface area contributed by atoms with Crippen molar-refractivity contribution in [1.82, 2.24) is 5.43 Å². The predicted octanol–water partition coefficient (Wildman–Crippen LogP) is 3.36. The predicted molar refractivity (Wildman–Crippen MR) is 92.9 cm³/mol. The lowest BCUT2D eigenvalue weighted by atomic mass is 10.2. The molecular weight excluding hydrogens is 400 g/mol. The van der Waals surface area contributed by atoms with Crippen LogP contribution < -0.4 is 19.6 Å². The van der Waals surface area contributed by atoms with Crippen molar-refractivity contribution in [1.29, 1.82) is 0 Å². The first kappa shape index (κ1) is 16.6. The van der Waals surface area contributed by atoms with Gasteiger partial charge in [0.2, 0.25) is 6.79 Å². The number of hydrazone groups is 1. The molecule has 0 fully saturated rings. The molecule has 8 heteroatoms. The molecule has 0 aromatic heterocycles. The van der Waals surface area contributed by atoms with E-state index in [1.807, 2.05) is 0 Å². The summed E-state index contributed by atoms with van der Waals surface area (Å²) >= 11 is 9.18. The molecule has 1 aliphatic rings. The van der Waals surface area contributed by atoms with Gasteiger partial charge in [-0.05, 0) is 52.3 Å². The fourth-order valence-corrected chi connectivity index (χ4v) is 2.47. The van der Waals surface area contributed by atoms with Crippen molar-refractivity contribution < 1.29 is 19.0 Å². The van der Waals surface area contributed by atoms with Crippen molar-refractivity contribution >= 4 is 39.7 Å². The number of nitrogens with one attached hydrogen (secondary N) is 1. The monoisotopic (exact) mass is 410 g/mol. The van der Waals surface area contributed by atoms with Gasteiger partial charge < -0.3 is 14.2 Å². The van der Waals surface area contributed by atoms with Crippen LogP contribution in [0.1, 0.15) is 5.56 Å². The van der Waals surface area contributed by atoms with Gasteiger partial charge in [-0.3, -0.25) is 4.79 Å². The zero-order chi connectivity index (χ0) is 16.9. The van der Waals surface area contributed by atoms with Gasteiger partial charge in [-0.2, -0.15) is 5.10 Å². The standard InChI is InChI=1S/C16H12BrClN2O4/c17-13-6-15-14(23-9-24-15)5-10(13)7-19-20-16(21)8-22-12-3-1-11(18)2-4-12/h1-7H,8-9H2,(H,20,21). The van der Waals surface area contributed by atoms with Gasteiger partial charge in [0.1, 0.15) is 5.75 Å². The maximum Gasteiger partial charge on any atom is 0.277 e. The Bertz CT molecular complexity index is 780. The van der Waals surface area contributed by atoms with Gasteiger partial charge in [0.25, 0.3) is 5.91 Å². The summed E-state index contributed by atoms with van der Waals surface area (Å²) in [6, 6.07) is 10.3. The SMILES string of the molecule is O=C(COc1ccc(Cl)cc1)NN=Cc1cc2c(cc1Br)OCO2. The smallest absolute Gasteiger partial charge is 0.277 e. The maximum atomic E-state index is 11.7. The number of fused-ring (bicyclic) bond motifs is 1. The van der Waals surface area contributed by atoms with E-state index in [-0.39, 0.29) is 19.3 Å². The fraction of sp³-hybridized carbons (Fsp3) is 0.125. The van der Waals surface area contributed by atoms with Crippen LogP contribution in [0, 0.1) is 0 Å². The molecule has 2 aromatic carbocycles. The van der Waals surface area contributed by atoms with Crippen LogP contribution in [0.5, 0.6) is 17.2 Å². The van der Waals surface area contributed by atoms with Crippen LogP contribution in [0.3, 0.4) is 0 Å². The molecule has 1 aliphatic heterocycles. The minimum atomic E-state index is -0.377. The second-order valence-electron chi connectivity index (χ2n) is 4.76. The summed E-state index contributed by atoms with van der Waals surface area (Å²) < 4.78 is 16.7. The number of hydrogen-bond donors (Lipinski definition) is 1. The summed E-state index contributed by atoms with van der Waals surface area (Å²) in [5.41, 5.74) is 3.14. The fourth-order valence-electron chi connectivity index (χ4n) is 1.92. The number of amides is 1. The number of benzene rings is 2. The molecule has 0 aliphatic carbocycles. The molecule has 0 unspecified atom stereocenters. The summed E-state index contributed by atoms with van der Waals surface area (Å²) in [6.07, 6.45) is 1.51. The second-order valence-corrected chi connectivity index (χ2v) is 6.05. The summed E-state index contributed by atoms with van der Waals surface area (Å²) in [6.45, 7) is 0.0441. The molecule has 0 radical (unpaired) electrons. The molecule has 0 spiro atoms. The van der Waals surface area contributed by atoms with E-state index in [2.05, 4.69) is 26.5 Å². The molecule has 1 heterocycles. The van der Waals surface area contributed by atoms with Gasteiger partial charge in [-0.1, -0.05) is 11.6 Å². The lowest BCUT2D eigenvalue weighted by Gasteiger charge is -2.05. The normalized spacial score (nSPS) is 12.4. The third-order valence-corrected chi connectivity index (χ3v) is 4.01. The summed E-state index contributed by atoms with van der Waals surface area (Å²) in [5.74, 6) is 1.48. The highest BCUT2D eigenvalue weighted by Gasteiger charge is 2.15. The van der Waals surface area contributed by atoms with E-state index in [0.29, 0.717) is 22.3 Å². The van der Waals surface area contributed by atoms with E-state index < -0.39 is 0 Å². The Morgan fingerprint density at radius 1 is 1.29 bits per heavy atom. The Balaban J connectivity index is 1.52. The summed E-state index contributed by atoms with van der Waals surface area (Å²) in [7, 11) is 0. The number of nitrogens with zero attached hydrogens (tertiary/aromatic N) is 1. The topological polar surface area (TPSA) is 69.2 Å². The van der Waals surface area contributed by atoms with E-state index in [9.17, 15) is 4.79 Å². The van der Waals surface area contributed by atoms with Crippen LogP contribution in [0.4, 0.5) is 0 Å². The highest BCUT2D eigenvalue weighted by atomic mass is 79.9. The number of carbonyl (C=O) groups excluding carboxylic acids is 1. The Hall–Kier alpha value is -2.25. The van der Waals surface area contributed by atoms with Gasteiger partial charge in [-0.15, -0.1) is 0 Å². The lowest BCUT2D eigenvalue weighted by molar-refractivity contribution is -0.123. The number of ether oxygens (including phenoxy) is 3. The number of halogens is 2. The first-order valence-corrected chi connectivity index (χ1v) is 8.08. The van der Waals surface area contributed by atoms with Crippen LogP contribution in [0.2, 0.25) is 5.02 Å². The Kier molecular flexibility index (Phi) is 5.22. The van der Waals surface area contributed by atoms with E-state index in [1.54, 1.807) is 36.4 Å². The Labute approximate surface area is 151 Å². The van der Waals surface area contributed by atoms with Crippen molar-refractivity contribution in [2.75, 3.05) is 13.4 Å². The zero-order valence-corrected chi connectivity index (χ0v) is 14.6. The Morgan fingerprint density at radius 2 is 2.00 bits per heavy atom. The zero-order valence-electron chi connectivity index (χ0n) is 12.3. The maximum absolute atomic E-state index is 11.7. The van der Waals surface area contributed by atoms with Crippen LogP contribution in [-0.4, -0.2) is 25.5 Å². The van der Waals surface area contributed by atoms with E-state index >= 15 is 0 Å². The molecule has 0 saturated carbocycles. The van der Waals surface area contributed by atoms with Crippen molar-refractivity contribution in [3.63, 3.8) is 0 Å². The van der Waals surface area contributed by atoms with Crippen LogP contribution in [0.15, 0.2) is 46.0 Å². The van der Waals surface area contributed by atoms with E-state index in [1.165, 1.54) is 6.21 Å². The van der Waals surface area contributed by atoms with E-state index in [0.717, 1.165) is 10.0 Å². The third-order valence-electron chi connectivity index (χ3n) is 3.07. The molecule has 3 rings (SSSR count). The molecule has 1 amide bonds. The first-order valence-electron chi connectivity index (χ1n) is 6.91. The highest BCUT2D eigenvalue weighted by molar-refractivity contribution is 9.10. The molecular formula is C16H12BrClN2O4. The average molecular weight is 412 g/mol. The van der Waals surface area contributed by atoms with Crippen molar-refractivity contribution in [2.45, 2.75) is 0 Å². The first-order chi connectivity index (χ1) is 11.6. The molecule has 6 nitrogen and oxygen atoms in total.